The van der Waals surface area contributed by atoms with E-state index in [-0.39, 0.29) is 22.9 Å². The molecule has 2 N–H and O–H groups in total. The first-order chi connectivity index (χ1) is 18.8. The highest BCUT2D eigenvalue weighted by molar-refractivity contribution is 7.92. The van der Waals surface area contributed by atoms with E-state index in [4.69, 9.17) is 9.84 Å². The van der Waals surface area contributed by atoms with Gasteiger partial charge in [-0.25, -0.2) is 22.5 Å². The largest absolute Gasteiger partial charge is 0.755 e. The van der Waals surface area contributed by atoms with Crippen molar-refractivity contribution in [2.75, 3.05) is 20.5 Å². The van der Waals surface area contributed by atoms with Gasteiger partial charge in [-0.2, -0.15) is 13.2 Å². The average molecular weight is 600 g/mol. The van der Waals surface area contributed by atoms with Gasteiger partial charge in [0.2, 0.25) is 5.91 Å². The minimum atomic E-state index is -4.84. The van der Waals surface area contributed by atoms with Gasteiger partial charge in [0.1, 0.15) is 17.7 Å². The molecule has 17 heteroatoms. The van der Waals surface area contributed by atoms with Crippen molar-refractivity contribution in [2.24, 2.45) is 0 Å². The molecule has 0 spiro atoms. The zero-order chi connectivity index (χ0) is 29.2. The lowest BCUT2D eigenvalue weighted by atomic mass is 10.1. The number of carbonyl (C=O) groups is 2. The second kappa shape index (κ2) is 11.1. The third-order valence-electron chi connectivity index (χ3n) is 5.53. The lowest BCUT2D eigenvalue weighted by molar-refractivity contribution is -0.137. The Balaban J connectivity index is 1.74. The van der Waals surface area contributed by atoms with E-state index in [2.05, 4.69) is 4.98 Å². The summed E-state index contributed by atoms with van der Waals surface area (Å²) >= 11 is -3.10. The number of anilines is 3. The molecule has 0 fully saturated rings. The maximum absolute atomic E-state index is 13.6. The molecule has 212 valence electrons. The van der Waals surface area contributed by atoms with Crippen LogP contribution in [0, 0.1) is 0 Å². The number of nitrogens with zero attached hydrogens (tertiary/aromatic N) is 3. The number of fused-ring (bicyclic) bond motifs is 1. The molecule has 1 aliphatic heterocycles. The van der Waals surface area contributed by atoms with Crippen molar-refractivity contribution >= 4 is 50.5 Å². The summed E-state index contributed by atoms with van der Waals surface area (Å²) in [6.07, 6.45) is -7.03. The van der Waals surface area contributed by atoms with Gasteiger partial charge >= 0.3 is 12.3 Å². The Hall–Kier alpha value is -4.22. The smallest absolute Gasteiger partial charge is 0.416 e. The number of sulfonamides is 1. The first-order valence-electron chi connectivity index (χ1n) is 11.1. The third-order valence-corrected chi connectivity index (χ3v) is 7.99. The predicted octanol–water partition coefficient (Wildman–Crippen LogP) is 3.36. The van der Waals surface area contributed by atoms with Crippen molar-refractivity contribution < 1.29 is 49.8 Å². The summed E-state index contributed by atoms with van der Waals surface area (Å²) in [5.74, 6) is -1.40. The fraction of sp³-hybridized carbons (Fsp3) is 0.174. The second-order valence-corrected chi connectivity index (χ2v) is 10.9. The van der Waals surface area contributed by atoms with Crippen LogP contribution in [0.1, 0.15) is 12.0 Å². The van der Waals surface area contributed by atoms with Crippen LogP contribution in [0.5, 0.6) is 5.75 Å². The number of hydrogen-bond donors (Lipinski definition) is 2. The van der Waals surface area contributed by atoms with Crippen molar-refractivity contribution in [2.45, 2.75) is 23.6 Å². The van der Waals surface area contributed by atoms with Crippen molar-refractivity contribution in [3.05, 3.63) is 72.4 Å². The number of alkyl halides is 3. The highest BCUT2D eigenvalue weighted by atomic mass is 32.2. The summed E-state index contributed by atoms with van der Waals surface area (Å²) in [6, 6.07) is 10.7. The molecule has 0 saturated heterocycles. The van der Waals surface area contributed by atoms with Gasteiger partial charge < -0.3 is 14.4 Å². The predicted molar refractivity (Wildman–Crippen MR) is 134 cm³/mol. The lowest BCUT2D eigenvalue weighted by Gasteiger charge is -2.36. The molecule has 2 heterocycles. The van der Waals surface area contributed by atoms with Crippen LogP contribution in [-0.4, -0.2) is 51.9 Å². The van der Waals surface area contributed by atoms with Gasteiger partial charge in [-0.15, -0.1) is 0 Å². The van der Waals surface area contributed by atoms with Crippen molar-refractivity contribution in [3.8, 4) is 5.75 Å². The fourth-order valence-electron chi connectivity index (χ4n) is 3.85. The standard InChI is InChI=1S/C23H19F3N4O8S2/c24-23(25,26)14-4-3-5-17(10-14)40(36,37)29-13-16(38-19-8-7-15(11-18(19)29)28-22(32)33)12-21(31)30(39(34)35)20-6-1-2-9-27-20/h1-11,16,28H,12-13H2,(H,32,33)(H,34,35)/p-1. The third kappa shape index (κ3) is 6.16. The number of benzene rings is 2. The first kappa shape index (κ1) is 28.8. The summed E-state index contributed by atoms with van der Waals surface area (Å²) in [5, 5.41) is 11.1. The average Bonchev–Trinajstić information content (AvgIpc) is 2.88. The minimum Gasteiger partial charge on any atom is -0.755 e. The van der Waals surface area contributed by atoms with Crippen LogP contribution in [0.3, 0.4) is 0 Å². The van der Waals surface area contributed by atoms with Gasteiger partial charge in [0, 0.05) is 11.9 Å². The molecule has 0 bridgehead atoms. The SMILES string of the molecule is O=C(O)Nc1ccc2c(c1)N(S(=O)(=O)c1cccc(C(F)(F)F)c1)CC(CC(=O)N(c1ccccn1)S(=O)[O-])O2. The van der Waals surface area contributed by atoms with Crippen molar-refractivity contribution in [3.63, 3.8) is 0 Å². The monoisotopic (exact) mass is 599 g/mol. The highest BCUT2D eigenvalue weighted by Gasteiger charge is 2.38. The maximum atomic E-state index is 13.6. The normalized spacial score (nSPS) is 15.9. The van der Waals surface area contributed by atoms with Gasteiger partial charge in [-0.3, -0.25) is 18.6 Å². The number of hydrogen-bond acceptors (Lipinski definition) is 8. The van der Waals surface area contributed by atoms with E-state index in [1.165, 1.54) is 36.5 Å². The van der Waals surface area contributed by atoms with E-state index in [1.807, 2.05) is 5.32 Å². The number of nitrogens with one attached hydrogen (secondary N) is 1. The molecule has 2 aromatic carbocycles. The first-order valence-corrected chi connectivity index (χ1v) is 13.6. The molecule has 0 radical (unpaired) electrons. The molecule has 12 nitrogen and oxygen atoms in total. The number of rotatable bonds is 7. The van der Waals surface area contributed by atoms with Gasteiger partial charge in [0.05, 0.1) is 40.4 Å². The Morgan fingerprint density at radius 2 is 1.93 bits per heavy atom. The van der Waals surface area contributed by atoms with Crippen molar-refractivity contribution in [1.29, 1.82) is 0 Å². The lowest BCUT2D eigenvalue weighted by Crippen LogP contribution is -2.46. The number of pyridine rings is 1. The Morgan fingerprint density at radius 1 is 1.18 bits per heavy atom. The van der Waals surface area contributed by atoms with Crippen LogP contribution in [0.25, 0.3) is 0 Å². The number of amides is 2. The van der Waals surface area contributed by atoms with Gasteiger partial charge in [0.25, 0.3) is 10.0 Å². The van der Waals surface area contributed by atoms with Gasteiger partial charge in [0.15, 0.2) is 0 Å². The van der Waals surface area contributed by atoms with E-state index in [9.17, 15) is 39.9 Å². The summed E-state index contributed by atoms with van der Waals surface area (Å²) in [5.41, 5.74) is -1.52. The molecule has 0 aliphatic carbocycles. The molecule has 4 rings (SSSR count). The molecule has 1 aliphatic rings. The molecule has 2 unspecified atom stereocenters. The van der Waals surface area contributed by atoms with E-state index < -0.39 is 69.0 Å². The molecule has 40 heavy (non-hydrogen) atoms. The molecule has 3 aromatic rings. The molecule has 0 saturated carbocycles. The zero-order valence-electron chi connectivity index (χ0n) is 19.9. The molecular formula is C23H18F3N4O8S2-. The van der Waals surface area contributed by atoms with Crippen LogP contribution in [0.2, 0.25) is 0 Å². The highest BCUT2D eigenvalue weighted by Crippen LogP contribution is 2.40. The van der Waals surface area contributed by atoms with Crippen LogP contribution < -0.4 is 18.7 Å². The van der Waals surface area contributed by atoms with Crippen molar-refractivity contribution in [1.82, 2.24) is 4.98 Å². The van der Waals surface area contributed by atoms with E-state index in [0.717, 1.165) is 18.2 Å². The molecule has 1 aromatic heterocycles. The molecule has 2 atom stereocenters. The van der Waals surface area contributed by atoms with Gasteiger partial charge in [-0.05, 0) is 48.5 Å². The van der Waals surface area contributed by atoms with E-state index in [0.29, 0.717) is 20.7 Å². The Bertz CT molecular complexity index is 1570. The van der Waals surface area contributed by atoms with E-state index in [1.54, 1.807) is 0 Å². The second-order valence-electron chi connectivity index (χ2n) is 8.21. The molecular weight excluding hydrogens is 581 g/mol. The number of ether oxygens (including phenoxy) is 1. The molecule has 2 amide bonds. The zero-order valence-corrected chi connectivity index (χ0v) is 21.6. The minimum absolute atomic E-state index is 0.0725. The van der Waals surface area contributed by atoms with Gasteiger partial charge in [-0.1, -0.05) is 12.1 Å². The summed E-state index contributed by atoms with van der Waals surface area (Å²) < 4.78 is 97.5. The maximum Gasteiger partial charge on any atom is 0.416 e. The van der Waals surface area contributed by atoms with Crippen LogP contribution in [0.4, 0.5) is 35.2 Å². The quantitative estimate of drug-likeness (QED) is 0.387. The number of carbonyl (C=O) groups excluding carboxylic acids is 1. The van der Waals surface area contributed by atoms with Crippen LogP contribution in [-0.2, 0) is 32.3 Å². The van der Waals surface area contributed by atoms with E-state index >= 15 is 0 Å². The number of aromatic nitrogens is 1. The fourth-order valence-corrected chi connectivity index (χ4v) is 5.89. The number of halogens is 3. The number of carboxylic acid groups (broad SMARTS) is 1. The van der Waals surface area contributed by atoms with Crippen LogP contribution >= 0.6 is 0 Å². The Kier molecular flexibility index (Phi) is 7.99. The Labute approximate surface area is 227 Å². The van der Waals surface area contributed by atoms with Crippen LogP contribution in [0.15, 0.2) is 71.8 Å². The summed E-state index contributed by atoms with van der Waals surface area (Å²) in [7, 11) is -4.74. The summed E-state index contributed by atoms with van der Waals surface area (Å²) in [6.45, 7) is -0.630. The Morgan fingerprint density at radius 3 is 2.55 bits per heavy atom. The topological polar surface area (TPSA) is 169 Å². The summed E-state index contributed by atoms with van der Waals surface area (Å²) in [4.78, 5) is 27.2.